The molecule has 0 fully saturated rings. The first-order valence-electron chi connectivity index (χ1n) is 9.46. The molecule has 0 saturated heterocycles. The summed E-state index contributed by atoms with van der Waals surface area (Å²) in [6.07, 6.45) is 8.08. The third-order valence-electron chi connectivity index (χ3n) is 5.33. The van der Waals surface area contributed by atoms with Crippen LogP contribution in [0.1, 0.15) is 58.3 Å². The van der Waals surface area contributed by atoms with Gasteiger partial charge in [-0.15, -0.1) is 11.3 Å². The van der Waals surface area contributed by atoms with Crippen LogP contribution in [0.4, 0.5) is 11.4 Å². The highest BCUT2D eigenvalue weighted by molar-refractivity contribution is 7.14. The number of thiophene rings is 1. The van der Waals surface area contributed by atoms with Gasteiger partial charge in [0.05, 0.1) is 4.88 Å². The van der Waals surface area contributed by atoms with Crippen LogP contribution >= 0.6 is 11.3 Å². The minimum atomic E-state index is -0.0249. The van der Waals surface area contributed by atoms with E-state index < -0.39 is 0 Å². The van der Waals surface area contributed by atoms with Gasteiger partial charge in [0.2, 0.25) is 5.91 Å². The van der Waals surface area contributed by atoms with Crippen LogP contribution < -0.4 is 10.2 Å². The summed E-state index contributed by atoms with van der Waals surface area (Å²) in [5, 5.41) is 3.04. The minimum Gasteiger partial charge on any atom is -0.321 e. The molecule has 2 aliphatic rings. The van der Waals surface area contributed by atoms with Gasteiger partial charge in [0.15, 0.2) is 0 Å². The molecule has 1 aromatic heterocycles. The van der Waals surface area contributed by atoms with Crippen LogP contribution in [0.3, 0.4) is 0 Å². The van der Waals surface area contributed by atoms with E-state index in [4.69, 9.17) is 0 Å². The number of carbonyl (C=O) groups excluding carboxylic acids is 2. The number of hydrogen-bond donors (Lipinski definition) is 1. The number of nitrogens with one attached hydrogen (secondary N) is 1. The first-order valence-corrected chi connectivity index (χ1v) is 10.3. The summed E-state index contributed by atoms with van der Waals surface area (Å²) in [7, 11) is 0. The predicted octanol–water partition coefficient (Wildman–Crippen LogP) is 4.57. The van der Waals surface area contributed by atoms with Crippen LogP contribution in [0.25, 0.3) is 0 Å². The molecule has 2 aromatic rings. The van der Waals surface area contributed by atoms with E-state index in [1.807, 2.05) is 18.2 Å². The van der Waals surface area contributed by atoms with E-state index in [-0.39, 0.29) is 11.8 Å². The Labute approximate surface area is 158 Å². The summed E-state index contributed by atoms with van der Waals surface area (Å²) in [6.45, 7) is 2.31. The van der Waals surface area contributed by atoms with Crippen molar-refractivity contribution < 1.29 is 9.59 Å². The number of benzene rings is 1. The Hall–Kier alpha value is -2.14. The third kappa shape index (κ3) is 3.40. The zero-order chi connectivity index (χ0) is 18.1. The number of carbonyl (C=O) groups is 2. The Balaban J connectivity index is 1.50. The Morgan fingerprint density at radius 3 is 2.62 bits per heavy atom. The molecule has 5 heteroatoms. The third-order valence-corrected chi connectivity index (χ3v) is 6.57. The molecule has 1 aliphatic carbocycles. The summed E-state index contributed by atoms with van der Waals surface area (Å²) in [5.74, 6) is 0.0413. The van der Waals surface area contributed by atoms with Gasteiger partial charge in [-0.3, -0.25) is 9.59 Å². The van der Waals surface area contributed by atoms with Gasteiger partial charge >= 0.3 is 0 Å². The Morgan fingerprint density at radius 2 is 1.81 bits per heavy atom. The van der Waals surface area contributed by atoms with Gasteiger partial charge in [-0.05, 0) is 67.5 Å². The van der Waals surface area contributed by atoms with Gasteiger partial charge in [0.1, 0.15) is 0 Å². The SMILES string of the molecule is CC(=O)N1CCc2cc(NC(=O)c3cc4c(s3)CCCCCC4)ccc21. The number of amides is 2. The second-order valence-corrected chi connectivity index (χ2v) is 8.33. The molecule has 4 nitrogen and oxygen atoms in total. The lowest BCUT2D eigenvalue weighted by molar-refractivity contribution is -0.116. The molecule has 1 N–H and O–H groups in total. The Morgan fingerprint density at radius 1 is 1.00 bits per heavy atom. The summed E-state index contributed by atoms with van der Waals surface area (Å²) in [4.78, 5) is 28.4. The molecule has 1 aliphatic heterocycles. The van der Waals surface area contributed by atoms with Crippen LogP contribution in [0.5, 0.6) is 0 Å². The van der Waals surface area contributed by atoms with E-state index in [2.05, 4.69) is 11.4 Å². The van der Waals surface area contributed by atoms with Crippen molar-refractivity contribution in [2.75, 3.05) is 16.8 Å². The molecule has 0 radical (unpaired) electrons. The molecule has 0 unspecified atom stereocenters. The quantitative estimate of drug-likeness (QED) is 0.844. The average Bonchev–Trinajstić information content (AvgIpc) is 3.18. The molecule has 2 heterocycles. The fourth-order valence-electron chi connectivity index (χ4n) is 3.96. The van der Waals surface area contributed by atoms with E-state index in [1.54, 1.807) is 23.2 Å². The maximum absolute atomic E-state index is 12.7. The van der Waals surface area contributed by atoms with Crippen LogP contribution in [-0.4, -0.2) is 18.4 Å². The molecule has 4 rings (SSSR count). The number of anilines is 2. The highest BCUT2D eigenvalue weighted by Gasteiger charge is 2.23. The van der Waals surface area contributed by atoms with E-state index >= 15 is 0 Å². The molecule has 0 saturated carbocycles. The molecule has 0 atom stereocenters. The van der Waals surface area contributed by atoms with Crippen LogP contribution in [-0.2, 0) is 24.1 Å². The molecular formula is C21H24N2O2S. The van der Waals surface area contributed by atoms with Gasteiger partial charge in [0, 0.05) is 29.7 Å². The van der Waals surface area contributed by atoms with E-state index in [0.29, 0.717) is 0 Å². The van der Waals surface area contributed by atoms with Gasteiger partial charge < -0.3 is 10.2 Å². The average molecular weight is 369 g/mol. The Bertz CT molecular complexity index is 830. The van der Waals surface area contributed by atoms with Crippen molar-refractivity contribution in [1.29, 1.82) is 0 Å². The number of aryl methyl sites for hydroxylation is 2. The lowest BCUT2D eigenvalue weighted by Crippen LogP contribution is -2.25. The first-order chi connectivity index (χ1) is 12.6. The minimum absolute atomic E-state index is 0.0249. The fourth-order valence-corrected chi connectivity index (χ4v) is 5.10. The molecule has 0 bridgehead atoms. The van der Waals surface area contributed by atoms with Gasteiger partial charge in [0.25, 0.3) is 5.91 Å². The standard InChI is InChI=1S/C21H24N2O2S/c1-14(24)23-11-10-15-12-17(8-9-18(15)23)22-21(25)20-13-16-6-4-2-3-5-7-19(16)26-20/h8-9,12-13H,2-7,10-11H2,1H3,(H,22,25). The number of nitrogens with zero attached hydrogens (tertiary/aromatic N) is 1. The molecule has 1 aromatic carbocycles. The summed E-state index contributed by atoms with van der Waals surface area (Å²) in [6, 6.07) is 7.92. The zero-order valence-electron chi connectivity index (χ0n) is 15.1. The number of hydrogen-bond acceptors (Lipinski definition) is 3. The van der Waals surface area contributed by atoms with Crippen molar-refractivity contribution in [3.63, 3.8) is 0 Å². The molecule has 2 amide bonds. The van der Waals surface area contributed by atoms with Crippen LogP contribution in [0.15, 0.2) is 24.3 Å². The summed E-state index contributed by atoms with van der Waals surface area (Å²) < 4.78 is 0. The summed E-state index contributed by atoms with van der Waals surface area (Å²) in [5.41, 5.74) is 4.26. The van der Waals surface area contributed by atoms with Gasteiger partial charge in [-0.1, -0.05) is 12.8 Å². The number of fused-ring (bicyclic) bond motifs is 2. The van der Waals surface area contributed by atoms with Crippen LogP contribution in [0, 0.1) is 0 Å². The highest BCUT2D eigenvalue weighted by Crippen LogP contribution is 2.32. The van der Waals surface area contributed by atoms with Crippen molar-refractivity contribution in [3.8, 4) is 0 Å². The van der Waals surface area contributed by atoms with Gasteiger partial charge in [-0.2, -0.15) is 0 Å². The topological polar surface area (TPSA) is 49.4 Å². The van der Waals surface area contributed by atoms with Crippen molar-refractivity contribution in [1.82, 2.24) is 0 Å². The molecule has 0 spiro atoms. The second-order valence-electron chi connectivity index (χ2n) is 7.19. The Kier molecular flexibility index (Phi) is 4.81. The normalized spacial score (nSPS) is 16.4. The van der Waals surface area contributed by atoms with Crippen molar-refractivity contribution in [2.45, 2.75) is 51.9 Å². The zero-order valence-corrected chi connectivity index (χ0v) is 16.0. The monoisotopic (exact) mass is 368 g/mol. The number of rotatable bonds is 2. The maximum atomic E-state index is 12.7. The molecular weight excluding hydrogens is 344 g/mol. The largest absolute Gasteiger partial charge is 0.321 e. The van der Waals surface area contributed by atoms with Crippen molar-refractivity contribution in [2.24, 2.45) is 0 Å². The first kappa shape index (κ1) is 17.3. The smallest absolute Gasteiger partial charge is 0.265 e. The van der Waals surface area contributed by atoms with Gasteiger partial charge in [-0.25, -0.2) is 0 Å². The van der Waals surface area contributed by atoms with Crippen molar-refractivity contribution >= 4 is 34.5 Å². The van der Waals surface area contributed by atoms with E-state index in [9.17, 15) is 9.59 Å². The second kappa shape index (κ2) is 7.23. The van der Waals surface area contributed by atoms with Crippen molar-refractivity contribution in [3.05, 3.63) is 45.1 Å². The van der Waals surface area contributed by atoms with E-state index in [0.717, 1.165) is 47.6 Å². The lowest BCUT2D eigenvalue weighted by Gasteiger charge is -2.15. The lowest BCUT2D eigenvalue weighted by atomic mass is 10.00. The predicted molar refractivity (Wildman–Crippen MR) is 106 cm³/mol. The maximum Gasteiger partial charge on any atom is 0.265 e. The fraction of sp³-hybridized carbons (Fsp3) is 0.429. The summed E-state index contributed by atoms with van der Waals surface area (Å²) >= 11 is 1.65. The van der Waals surface area contributed by atoms with Crippen LogP contribution in [0.2, 0.25) is 0 Å². The van der Waals surface area contributed by atoms with E-state index in [1.165, 1.54) is 36.1 Å². The molecule has 26 heavy (non-hydrogen) atoms. The molecule has 136 valence electrons. The highest BCUT2D eigenvalue weighted by atomic mass is 32.1.